The lowest BCUT2D eigenvalue weighted by molar-refractivity contribution is 0.103. The maximum absolute atomic E-state index is 14.3. The maximum Gasteiger partial charge on any atom is 0.196 e. The van der Waals surface area contributed by atoms with Gasteiger partial charge in [-0.25, -0.2) is 4.39 Å². The molecular formula is C28H26FN3O3. The lowest BCUT2D eigenvalue weighted by atomic mass is 9.99. The lowest BCUT2D eigenvalue weighted by Gasteiger charge is -2.38. The van der Waals surface area contributed by atoms with E-state index in [-0.39, 0.29) is 11.6 Å². The molecule has 0 unspecified atom stereocenters. The van der Waals surface area contributed by atoms with E-state index in [0.29, 0.717) is 40.9 Å². The van der Waals surface area contributed by atoms with Gasteiger partial charge < -0.3 is 19.3 Å². The molecule has 5 rings (SSSR count). The number of hydrogen-bond donors (Lipinski definition) is 0. The van der Waals surface area contributed by atoms with Crippen LogP contribution >= 0.6 is 0 Å². The third-order valence-electron chi connectivity index (χ3n) is 6.43. The number of hydrogen-bond acceptors (Lipinski definition) is 6. The molecule has 0 saturated carbocycles. The summed E-state index contributed by atoms with van der Waals surface area (Å²) in [5.74, 6) is 0.986. The second kappa shape index (κ2) is 9.62. The summed E-state index contributed by atoms with van der Waals surface area (Å²) in [5.41, 5.74) is 3.49. The van der Waals surface area contributed by atoms with Crippen LogP contribution in [-0.4, -0.2) is 51.2 Å². The molecule has 35 heavy (non-hydrogen) atoms. The van der Waals surface area contributed by atoms with Crippen LogP contribution in [-0.2, 0) is 0 Å². The van der Waals surface area contributed by atoms with Crippen LogP contribution < -0.4 is 19.3 Å². The first-order chi connectivity index (χ1) is 17.1. The van der Waals surface area contributed by atoms with Gasteiger partial charge in [0.1, 0.15) is 17.3 Å². The zero-order valence-corrected chi connectivity index (χ0v) is 19.7. The van der Waals surface area contributed by atoms with Crippen molar-refractivity contribution in [1.29, 1.82) is 0 Å². The predicted molar refractivity (Wildman–Crippen MR) is 136 cm³/mol. The Morgan fingerprint density at radius 3 is 2.06 bits per heavy atom. The number of rotatable bonds is 6. The Balaban J connectivity index is 1.49. The monoisotopic (exact) mass is 471 g/mol. The summed E-state index contributed by atoms with van der Waals surface area (Å²) in [6.07, 6.45) is 1.61. The average Bonchev–Trinajstić information content (AvgIpc) is 2.92. The van der Waals surface area contributed by atoms with E-state index in [0.717, 1.165) is 30.2 Å². The Morgan fingerprint density at radius 1 is 0.829 bits per heavy atom. The Morgan fingerprint density at radius 2 is 1.43 bits per heavy atom. The van der Waals surface area contributed by atoms with E-state index in [2.05, 4.69) is 14.8 Å². The first kappa shape index (κ1) is 22.7. The lowest BCUT2D eigenvalue weighted by Crippen LogP contribution is -2.47. The van der Waals surface area contributed by atoms with Gasteiger partial charge in [0, 0.05) is 49.0 Å². The highest BCUT2D eigenvalue weighted by Crippen LogP contribution is 2.33. The molecule has 0 atom stereocenters. The average molecular weight is 472 g/mol. The number of anilines is 2. The number of pyridine rings is 1. The number of nitrogens with zero attached hydrogens (tertiary/aromatic N) is 3. The van der Waals surface area contributed by atoms with Crippen LogP contribution in [0.4, 0.5) is 15.8 Å². The van der Waals surface area contributed by atoms with E-state index in [1.165, 1.54) is 12.1 Å². The van der Waals surface area contributed by atoms with Gasteiger partial charge in [-0.2, -0.15) is 0 Å². The van der Waals surface area contributed by atoms with E-state index >= 15 is 0 Å². The zero-order valence-electron chi connectivity index (χ0n) is 19.7. The van der Waals surface area contributed by atoms with Gasteiger partial charge in [0.05, 0.1) is 31.0 Å². The Labute approximate surface area is 203 Å². The minimum atomic E-state index is -0.355. The van der Waals surface area contributed by atoms with Crippen LogP contribution in [0.5, 0.6) is 11.5 Å². The van der Waals surface area contributed by atoms with E-state index < -0.39 is 0 Å². The van der Waals surface area contributed by atoms with E-state index in [9.17, 15) is 9.18 Å². The van der Waals surface area contributed by atoms with Crippen molar-refractivity contribution in [1.82, 2.24) is 4.98 Å². The first-order valence-electron chi connectivity index (χ1n) is 11.5. The van der Waals surface area contributed by atoms with Gasteiger partial charge in [-0.3, -0.25) is 9.78 Å². The van der Waals surface area contributed by atoms with Crippen molar-refractivity contribution in [3.63, 3.8) is 0 Å². The molecule has 0 aliphatic carbocycles. The number of ketones is 1. The fourth-order valence-corrected chi connectivity index (χ4v) is 4.54. The summed E-state index contributed by atoms with van der Waals surface area (Å²) < 4.78 is 24.8. The molecule has 4 aromatic rings. The van der Waals surface area contributed by atoms with Gasteiger partial charge in [0.2, 0.25) is 0 Å². The molecule has 1 aliphatic heterocycles. The molecule has 178 valence electrons. The molecule has 3 aromatic carbocycles. The summed E-state index contributed by atoms with van der Waals surface area (Å²) in [6, 6.07) is 19.5. The highest BCUT2D eigenvalue weighted by atomic mass is 19.1. The Kier molecular flexibility index (Phi) is 6.23. The minimum Gasteiger partial charge on any atom is -0.497 e. The molecule has 1 saturated heterocycles. The van der Waals surface area contributed by atoms with Gasteiger partial charge in [0.25, 0.3) is 0 Å². The second-order valence-electron chi connectivity index (χ2n) is 8.41. The topological polar surface area (TPSA) is 54.9 Å². The van der Waals surface area contributed by atoms with Gasteiger partial charge >= 0.3 is 0 Å². The molecule has 1 aliphatic rings. The Hall–Kier alpha value is -4.13. The molecule has 2 heterocycles. The second-order valence-corrected chi connectivity index (χ2v) is 8.41. The number of halogens is 1. The van der Waals surface area contributed by atoms with Crippen molar-refractivity contribution < 1.29 is 18.7 Å². The molecule has 6 nitrogen and oxygen atoms in total. The molecule has 0 N–H and O–H groups in total. The van der Waals surface area contributed by atoms with Gasteiger partial charge in [0.15, 0.2) is 5.78 Å². The van der Waals surface area contributed by atoms with Crippen LogP contribution in [0.15, 0.2) is 72.9 Å². The third-order valence-corrected chi connectivity index (χ3v) is 6.43. The number of piperazine rings is 1. The highest BCUT2D eigenvalue weighted by molar-refractivity contribution is 6.16. The maximum atomic E-state index is 14.3. The largest absolute Gasteiger partial charge is 0.497 e. The van der Waals surface area contributed by atoms with Crippen molar-refractivity contribution in [2.24, 2.45) is 0 Å². The molecule has 0 bridgehead atoms. The minimum absolute atomic E-state index is 0.154. The number of aromatic nitrogens is 1. The SMILES string of the molecule is COc1ccc(C(=O)c2cnc3ccc(F)cc3c2N2CCN(c3ccc(OC)cc3)CC2)cc1. The van der Waals surface area contributed by atoms with Crippen molar-refractivity contribution in [3.8, 4) is 11.5 Å². The Bertz CT molecular complexity index is 1350. The smallest absolute Gasteiger partial charge is 0.196 e. The molecule has 0 amide bonds. The normalized spacial score (nSPS) is 13.7. The fourth-order valence-electron chi connectivity index (χ4n) is 4.54. The van der Waals surface area contributed by atoms with Crippen molar-refractivity contribution in [2.75, 3.05) is 50.2 Å². The van der Waals surface area contributed by atoms with Gasteiger partial charge in [-0.1, -0.05) is 0 Å². The molecule has 7 heteroatoms. The van der Waals surface area contributed by atoms with Crippen LogP contribution in [0.25, 0.3) is 10.9 Å². The number of ether oxygens (including phenoxy) is 2. The number of methoxy groups -OCH3 is 2. The number of carbonyl (C=O) groups is 1. The van der Waals surface area contributed by atoms with Crippen molar-refractivity contribution in [3.05, 3.63) is 89.9 Å². The molecule has 1 aromatic heterocycles. The molecule has 1 fully saturated rings. The van der Waals surface area contributed by atoms with E-state index in [1.54, 1.807) is 50.7 Å². The summed E-state index contributed by atoms with van der Waals surface area (Å²) in [5, 5.41) is 0.641. The highest BCUT2D eigenvalue weighted by Gasteiger charge is 2.25. The summed E-state index contributed by atoms with van der Waals surface area (Å²) in [7, 11) is 3.24. The third kappa shape index (κ3) is 4.49. The zero-order chi connectivity index (χ0) is 24.4. The predicted octanol–water partition coefficient (Wildman–Crippen LogP) is 4.95. The van der Waals surface area contributed by atoms with Crippen LogP contribution in [0.2, 0.25) is 0 Å². The standard InChI is InChI=1S/C28H26FN3O3/c1-34-22-8-3-19(4-9-22)28(33)25-18-30-26-12-5-20(29)17-24(26)27(25)32-15-13-31(14-16-32)21-6-10-23(35-2)11-7-21/h3-12,17-18H,13-16H2,1-2H3. The number of carbonyl (C=O) groups excluding carboxylic acids is 1. The molecule has 0 radical (unpaired) electrons. The first-order valence-corrected chi connectivity index (χ1v) is 11.5. The van der Waals surface area contributed by atoms with Crippen LogP contribution in [0.1, 0.15) is 15.9 Å². The van der Waals surface area contributed by atoms with Crippen LogP contribution in [0.3, 0.4) is 0 Å². The van der Waals surface area contributed by atoms with E-state index in [4.69, 9.17) is 9.47 Å². The van der Waals surface area contributed by atoms with E-state index in [1.807, 2.05) is 24.3 Å². The number of fused-ring (bicyclic) bond motifs is 1. The number of benzene rings is 3. The van der Waals surface area contributed by atoms with Gasteiger partial charge in [-0.15, -0.1) is 0 Å². The summed E-state index contributed by atoms with van der Waals surface area (Å²) >= 11 is 0. The quantitative estimate of drug-likeness (QED) is 0.371. The van der Waals surface area contributed by atoms with Crippen molar-refractivity contribution >= 4 is 28.1 Å². The fraction of sp³-hybridized carbons (Fsp3) is 0.214. The van der Waals surface area contributed by atoms with Gasteiger partial charge in [-0.05, 0) is 66.7 Å². The van der Waals surface area contributed by atoms with Crippen molar-refractivity contribution in [2.45, 2.75) is 0 Å². The molecular weight excluding hydrogens is 445 g/mol. The summed E-state index contributed by atoms with van der Waals surface area (Å²) in [4.78, 5) is 22.5. The molecule has 0 spiro atoms. The van der Waals surface area contributed by atoms with Crippen LogP contribution in [0, 0.1) is 5.82 Å². The summed E-state index contributed by atoms with van der Waals surface area (Å²) in [6.45, 7) is 2.90.